The molecule has 3 aromatic carbocycles. The molecule has 28 heavy (non-hydrogen) atoms. The van der Waals surface area contributed by atoms with Crippen LogP contribution in [0.4, 0.5) is 0 Å². The van der Waals surface area contributed by atoms with Gasteiger partial charge in [-0.3, -0.25) is 0 Å². The van der Waals surface area contributed by atoms with Gasteiger partial charge in [0.05, 0.1) is 13.2 Å². The largest absolute Gasteiger partial charge is 0.872 e. The molecule has 3 rings (SSSR count). The fourth-order valence-corrected chi connectivity index (χ4v) is 5.32. The Morgan fingerprint density at radius 3 is 1.93 bits per heavy atom. The Balaban J connectivity index is 2.21. The van der Waals surface area contributed by atoms with Crippen molar-refractivity contribution >= 4 is 35.5 Å². The second-order valence-electron chi connectivity index (χ2n) is 6.33. The minimum atomic E-state index is -3.95. The zero-order valence-electron chi connectivity index (χ0n) is 15.8. The Kier molecular flexibility index (Phi) is 6.16. The third kappa shape index (κ3) is 3.69. The van der Waals surface area contributed by atoms with E-state index in [1.54, 1.807) is 38.1 Å². The van der Waals surface area contributed by atoms with Crippen molar-refractivity contribution in [1.29, 1.82) is 0 Å². The van der Waals surface area contributed by atoms with E-state index in [4.69, 9.17) is 9.05 Å². The zero-order chi connectivity index (χ0) is 20.3. The number of benzene rings is 3. The van der Waals surface area contributed by atoms with Gasteiger partial charge in [0.15, 0.2) is 0 Å². The lowest BCUT2D eigenvalue weighted by Crippen LogP contribution is -2.35. The molecule has 3 aromatic rings. The normalized spacial score (nSPS) is 13.1. The van der Waals surface area contributed by atoms with Crippen LogP contribution in [-0.2, 0) is 20.3 Å². The van der Waals surface area contributed by atoms with Crippen LogP contribution in [0.1, 0.15) is 19.4 Å². The number of carboxylic acid groups (broad SMARTS) is 1. The second-order valence-corrected chi connectivity index (χ2v) is 8.55. The van der Waals surface area contributed by atoms with Crippen LogP contribution in [0.25, 0.3) is 21.5 Å². The van der Waals surface area contributed by atoms with Gasteiger partial charge in [-0.1, -0.05) is 54.3 Å². The van der Waals surface area contributed by atoms with Crippen LogP contribution in [0, 0.1) is 0 Å². The van der Waals surface area contributed by atoms with E-state index in [2.05, 4.69) is 0 Å². The Hall–Kier alpha value is -2.24. The summed E-state index contributed by atoms with van der Waals surface area (Å²) in [6.07, 6.45) is -0.239. The van der Waals surface area contributed by atoms with Gasteiger partial charge >= 0.3 is 5.97 Å². The lowest BCUT2D eigenvalue weighted by molar-refractivity contribution is -0.266. The quantitative estimate of drug-likeness (QED) is 0.459. The van der Waals surface area contributed by atoms with E-state index in [1.807, 2.05) is 24.3 Å². The monoisotopic (exact) mass is 401 g/mol. The molecule has 0 radical (unpaired) electrons. The highest BCUT2D eigenvalue weighted by Gasteiger charge is 2.46. The molecular formula is C21H22O6P-. The fraction of sp³-hybridized carbons (Fsp3) is 0.286. The first-order chi connectivity index (χ1) is 13.4. The molecule has 0 spiro atoms. The van der Waals surface area contributed by atoms with Crippen LogP contribution in [0.15, 0.2) is 48.5 Å². The van der Waals surface area contributed by atoms with Crippen molar-refractivity contribution in [3.63, 3.8) is 0 Å². The van der Waals surface area contributed by atoms with Crippen molar-refractivity contribution in [2.75, 3.05) is 13.2 Å². The first-order valence-corrected chi connectivity index (χ1v) is 10.7. The minimum absolute atomic E-state index is 0.0454. The Morgan fingerprint density at radius 1 is 0.964 bits per heavy atom. The van der Waals surface area contributed by atoms with E-state index in [-0.39, 0.29) is 25.4 Å². The summed E-state index contributed by atoms with van der Waals surface area (Å²) < 4.78 is 10.5. The Labute approximate surface area is 163 Å². The highest BCUT2D eigenvalue weighted by molar-refractivity contribution is 7.61. The predicted octanol–water partition coefficient (Wildman–Crippen LogP) is 3.26. The van der Waals surface area contributed by atoms with E-state index in [0.29, 0.717) is 16.3 Å². The molecule has 6 nitrogen and oxygen atoms in total. The Bertz CT molecular complexity index is 997. The minimum Gasteiger partial charge on any atom is -0.872 e. The summed E-state index contributed by atoms with van der Waals surface area (Å²) in [5.41, 5.74) is -1.16. The van der Waals surface area contributed by atoms with Crippen LogP contribution < -0.4 is 10.00 Å². The summed E-state index contributed by atoms with van der Waals surface area (Å²) >= 11 is 0. The molecule has 0 aliphatic rings. The molecule has 0 aliphatic carbocycles. The van der Waals surface area contributed by atoms with Gasteiger partial charge in [0.2, 0.25) is 5.66 Å². The number of carbonyl (C=O) groups is 1. The van der Waals surface area contributed by atoms with Crippen molar-refractivity contribution in [3.8, 4) is 5.75 Å². The molecule has 1 N–H and O–H groups in total. The average molecular weight is 401 g/mol. The van der Waals surface area contributed by atoms with Crippen LogP contribution >= 0.6 is 7.94 Å². The number of aliphatic carboxylic acids is 1. The Morgan fingerprint density at radius 2 is 1.43 bits per heavy atom. The van der Waals surface area contributed by atoms with Gasteiger partial charge < -0.3 is 15.1 Å². The SMILES string of the molecule is CCO[P+]([O-])(OCC)C(Cc1c([O-])c2ccccc2c2ccccc12)C(=O)O. The van der Waals surface area contributed by atoms with Gasteiger partial charge in [-0.2, -0.15) is 0 Å². The van der Waals surface area contributed by atoms with Gasteiger partial charge in [0, 0.05) is 6.42 Å². The molecule has 1 unspecified atom stereocenters. The maximum Gasteiger partial charge on any atom is 0.350 e. The van der Waals surface area contributed by atoms with E-state index < -0.39 is 19.6 Å². The van der Waals surface area contributed by atoms with Crippen molar-refractivity contribution in [2.45, 2.75) is 25.9 Å². The van der Waals surface area contributed by atoms with Crippen molar-refractivity contribution in [3.05, 3.63) is 54.1 Å². The highest BCUT2D eigenvalue weighted by atomic mass is 31.2. The standard InChI is InChI=1S/C21H23O6P/c1-3-26-28(25,27-4-2)19(21(23)24)13-18-16-11-6-5-9-14(16)15-10-7-8-12-17(15)20(18)22/h5-12,19,22H,3-4,13H2,1-2H3,(H,23,24)/p-1. The molecule has 148 valence electrons. The first-order valence-electron chi connectivity index (χ1n) is 9.13. The fourth-order valence-electron chi connectivity index (χ4n) is 3.49. The summed E-state index contributed by atoms with van der Waals surface area (Å²) in [4.78, 5) is 25.1. The zero-order valence-corrected chi connectivity index (χ0v) is 16.6. The smallest absolute Gasteiger partial charge is 0.350 e. The van der Waals surface area contributed by atoms with E-state index in [1.165, 1.54) is 0 Å². The van der Waals surface area contributed by atoms with Gasteiger partial charge in [0.1, 0.15) is 0 Å². The molecule has 0 aliphatic heterocycles. The predicted molar refractivity (Wildman–Crippen MR) is 106 cm³/mol. The molecule has 0 amide bonds. The van der Waals surface area contributed by atoms with Crippen LogP contribution in [0.2, 0.25) is 0 Å². The van der Waals surface area contributed by atoms with E-state index in [0.717, 1.165) is 10.8 Å². The van der Waals surface area contributed by atoms with E-state index >= 15 is 0 Å². The molecule has 0 aromatic heterocycles. The van der Waals surface area contributed by atoms with Crippen LogP contribution in [0.3, 0.4) is 0 Å². The van der Waals surface area contributed by atoms with Gasteiger partial charge in [-0.25, -0.2) is 13.8 Å². The number of hydrogen-bond donors (Lipinski definition) is 1. The van der Waals surface area contributed by atoms with Crippen LogP contribution in [-0.4, -0.2) is 29.9 Å². The van der Waals surface area contributed by atoms with Crippen molar-refractivity contribution < 1.29 is 28.9 Å². The molecule has 0 fully saturated rings. The average Bonchev–Trinajstić information content (AvgIpc) is 2.68. The van der Waals surface area contributed by atoms with Gasteiger partial charge in [-0.15, -0.1) is 0 Å². The number of hydrogen-bond acceptors (Lipinski definition) is 5. The van der Waals surface area contributed by atoms with Crippen molar-refractivity contribution in [2.24, 2.45) is 0 Å². The molecule has 0 heterocycles. The summed E-state index contributed by atoms with van der Waals surface area (Å²) in [7, 11) is -3.95. The maximum absolute atomic E-state index is 13.2. The molecule has 7 heteroatoms. The number of rotatable bonds is 8. The number of carboxylic acids is 1. The molecule has 1 atom stereocenters. The molecule has 0 bridgehead atoms. The van der Waals surface area contributed by atoms with Crippen molar-refractivity contribution in [1.82, 2.24) is 0 Å². The topological polar surface area (TPSA) is 102 Å². The van der Waals surface area contributed by atoms with E-state index in [9.17, 15) is 19.9 Å². The molecule has 0 saturated heterocycles. The number of fused-ring (bicyclic) bond motifs is 3. The molecule has 0 saturated carbocycles. The summed E-state index contributed by atoms with van der Waals surface area (Å²) in [6.45, 7) is 3.33. The lowest BCUT2D eigenvalue weighted by Gasteiger charge is -2.32. The third-order valence-electron chi connectivity index (χ3n) is 4.67. The second kappa shape index (κ2) is 8.41. The van der Waals surface area contributed by atoms with Crippen LogP contribution in [0.5, 0.6) is 5.75 Å². The third-order valence-corrected chi connectivity index (χ3v) is 7.07. The highest BCUT2D eigenvalue weighted by Crippen LogP contribution is 2.58. The summed E-state index contributed by atoms with van der Waals surface area (Å²) in [6, 6.07) is 14.5. The summed E-state index contributed by atoms with van der Waals surface area (Å²) in [5.74, 6) is -1.58. The lowest BCUT2D eigenvalue weighted by atomic mass is 9.93. The van der Waals surface area contributed by atoms with Gasteiger partial charge in [-0.05, 0) is 41.0 Å². The van der Waals surface area contributed by atoms with Gasteiger partial charge in [0.25, 0.3) is 7.94 Å². The molecular weight excluding hydrogens is 379 g/mol. The maximum atomic E-state index is 13.2. The first kappa shape index (κ1) is 20.5. The summed E-state index contributed by atoms with van der Waals surface area (Å²) in [5, 5.41) is 25.7.